The number of thiazole rings is 1. The van der Waals surface area contributed by atoms with Gasteiger partial charge in [0.1, 0.15) is 5.01 Å². The topological polar surface area (TPSA) is 82.5 Å². The Balaban J connectivity index is 2.06. The predicted molar refractivity (Wildman–Crippen MR) is 99.1 cm³/mol. The molecule has 0 saturated carbocycles. The van der Waals surface area contributed by atoms with Gasteiger partial charge in [-0.1, -0.05) is 23.7 Å². The number of hydrogen-bond acceptors (Lipinski definition) is 4. The summed E-state index contributed by atoms with van der Waals surface area (Å²) in [5.74, 6) is -0.932. The number of carbonyl (C=O) groups is 2. The number of urea groups is 1. The zero-order valence-corrected chi connectivity index (χ0v) is 15.8. The van der Waals surface area contributed by atoms with Gasteiger partial charge in [-0.25, -0.2) is 9.78 Å². The fourth-order valence-corrected chi connectivity index (χ4v) is 3.45. The van der Waals surface area contributed by atoms with Gasteiger partial charge in [0.2, 0.25) is 0 Å². The van der Waals surface area contributed by atoms with Crippen molar-refractivity contribution in [3.05, 3.63) is 39.9 Å². The van der Waals surface area contributed by atoms with E-state index in [-0.39, 0.29) is 25.0 Å². The molecule has 2 rings (SSSR count). The normalized spacial score (nSPS) is 11.8. The quantitative estimate of drug-likeness (QED) is 0.793. The maximum Gasteiger partial charge on any atom is 0.317 e. The standard InChI is InChI=1S/C17H20ClN3O3S/c1-10-15(11(2)20-17(24)21(3)9-8-14(22)23)25-16(19-10)12-4-6-13(18)7-5-12/h4-7,11H,8-9H2,1-3H3,(H,20,24)(H,22,23). The summed E-state index contributed by atoms with van der Waals surface area (Å²) in [4.78, 5) is 29.7. The third kappa shape index (κ3) is 5.17. The zero-order valence-electron chi connectivity index (χ0n) is 14.2. The highest BCUT2D eigenvalue weighted by Gasteiger charge is 2.19. The van der Waals surface area contributed by atoms with E-state index in [1.54, 1.807) is 7.05 Å². The average molecular weight is 382 g/mol. The van der Waals surface area contributed by atoms with Crippen molar-refractivity contribution in [2.45, 2.75) is 26.3 Å². The van der Waals surface area contributed by atoms with Crippen molar-refractivity contribution >= 4 is 34.9 Å². The van der Waals surface area contributed by atoms with Crippen LogP contribution in [0.2, 0.25) is 5.02 Å². The number of amides is 2. The number of carboxylic acid groups (broad SMARTS) is 1. The fourth-order valence-electron chi connectivity index (χ4n) is 2.25. The van der Waals surface area contributed by atoms with Crippen LogP contribution in [0.5, 0.6) is 0 Å². The largest absolute Gasteiger partial charge is 0.481 e. The third-order valence-electron chi connectivity index (χ3n) is 3.66. The van der Waals surface area contributed by atoms with Gasteiger partial charge in [-0.05, 0) is 26.0 Å². The molecule has 0 aliphatic carbocycles. The first kappa shape index (κ1) is 19.2. The minimum atomic E-state index is -0.932. The van der Waals surface area contributed by atoms with E-state index in [1.807, 2.05) is 38.1 Å². The Morgan fingerprint density at radius 3 is 2.60 bits per heavy atom. The van der Waals surface area contributed by atoms with Gasteiger partial charge >= 0.3 is 12.0 Å². The summed E-state index contributed by atoms with van der Waals surface area (Å²) >= 11 is 7.43. The maximum absolute atomic E-state index is 12.2. The SMILES string of the molecule is Cc1nc(-c2ccc(Cl)cc2)sc1C(C)NC(=O)N(C)CCC(=O)O. The number of aromatic nitrogens is 1. The molecule has 0 aliphatic heterocycles. The van der Waals surface area contributed by atoms with Crippen molar-refractivity contribution in [3.8, 4) is 10.6 Å². The Morgan fingerprint density at radius 2 is 2.00 bits per heavy atom. The van der Waals surface area contributed by atoms with Gasteiger partial charge in [0.15, 0.2) is 0 Å². The lowest BCUT2D eigenvalue weighted by Gasteiger charge is -2.20. The van der Waals surface area contributed by atoms with E-state index in [0.29, 0.717) is 5.02 Å². The molecule has 0 saturated heterocycles. The van der Waals surface area contributed by atoms with Crippen LogP contribution in [0.15, 0.2) is 24.3 Å². The number of nitrogens with one attached hydrogen (secondary N) is 1. The zero-order chi connectivity index (χ0) is 18.6. The average Bonchev–Trinajstić information content (AvgIpc) is 2.95. The van der Waals surface area contributed by atoms with Crippen molar-refractivity contribution in [1.29, 1.82) is 0 Å². The Hall–Kier alpha value is -2.12. The van der Waals surface area contributed by atoms with Gasteiger partial charge in [-0.15, -0.1) is 11.3 Å². The number of hydrogen-bond donors (Lipinski definition) is 2. The van der Waals surface area contributed by atoms with Crippen molar-refractivity contribution < 1.29 is 14.7 Å². The summed E-state index contributed by atoms with van der Waals surface area (Å²) in [7, 11) is 1.57. The second-order valence-corrected chi connectivity index (χ2v) is 7.18. The van der Waals surface area contributed by atoms with Gasteiger partial charge in [0.25, 0.3) is 0 Å². The van der Waals surface area contributed by atoms with Crippen molar-refractivity contribution in [1.82, 2.24) is 15.2 Å². The summed E-state index contributed by atoms with van der Waals surface area (Å²) in [6, 6.07) is 6.92. The van der Waals surface area contributed by atoms with E-state index in [4.69, 9.17) is 16.7 Å². The molecule has 2 amide bonds. The third-order valence-corrected chi connectivity index (χ3v) is 5.31. The molecule has 1 unspecified atom stereocenters. The van der Waals surface area contributed by atoms with E-state index in [0.717, 1.165) is 21.1 Å². The van der Waals surface area contributed by atoms with Crippen LogP contribution in [-0.2, 0) is 4.79 Å². The fraction of sp³-hybridized carbons (Fsp3) is 0.353. The van der Waals surface area contributed by atoms with Crippen LogP contribution in [0.3, 0.4) is 0 Å². The molecule has 0 radical (unpaired) electrons. The molecule has 0 aliphatic rings. The number of rotatable bonds is 6. The number of aryl methyl sites for hydroxylation is 1. The van der Waals surface area contributed by atoms with Crippen LogP contribution in [0.4, 0.5) is 4.79 Å². The number of carboxylic acids is 1. The molecule has 0 fully saturated rings. The molecule has 1 aromatic carbocycles. The Morgan fingerprint density at radius 1 is 1.36 bits per heavy atom. The summed E-state index contributed by atoms with van der Waals surface area (Å²) in [6.07, 6.45) is -0.0847. The highest BCUT2D eigenvalue weighted by Crippen LogP contribution is 2.32. The lowest BCUT2D eigenvalue weighted by Crippen LogP contribution is -2.39. The van der Waals surface area contributed by atoms with Crippen molar-refractivity contribution in [2.24, 2.45) is 0 Å². The smallest absolute Gasteiger partial charge is 0.317 e. The van der Waals surface area contributed by atoms with Crippen LogP contribution in [-0.4, -0.2) is 40.6 Å². The molecule has 1 heterocycles. The van der Waals surface area contributed by atoms with Crippen LogP contribution >= 0.6 is 22.9 Å². The summed E-state index contributed by atoms with van der Waals surface area (Å²) < 4.78 is 0. The van der Waals surface area contributed by atoms with E-state index in [2.05, 4.69) is 10.3 Å². The van der Waals surface area contributed by atoms with Crippen LogP contribution in [0.1, 0.15) is 30.0 Å². The lowest BCUT2D eigenvalue weighted by atomic mass is 10.2. The van der Waals surface area contributed by atoms with Crippen LogP contribution in [0.25, 0.3) is 10.6 Å². The molecule has 1 aromatic heterocycles. The summed E-state index contributed by atoms with van der Waals surface area (Å²) in [6.45, 7) is 3.95. The highest BCUT2D eigenvalue weighted by molar-refractivity contribution is 7.15. The number of benzene rings is 1. The van der Waals surface area contributed by atoms with Crippen molar-refractivity contribution in [3.63, 3.8) is 0 Å². The van der Waals surface area contributed by atoms with E-state index in [9.17, 15) is 9.59 Å². The molecule has 2 N–H and O–H groups in total. The first-order valence-corrected chi connectivity index (χ1v) is 8.94. The number of halogens is 1. The second kappa shape index (κ2) is 8.31. The summed E-state index contributed by atoms with van der Waals surface area (Å²) in [5, 5.41) is 13.1. The minimum absolute atomic E-state index is 0.0847. The molecular formula is C17H20ClN3O3S. The first-order chi connectivity index (χ1) is 11.8. The van der Waals surface area contributed by atoms with E-state index in [1.165, 1.54) is 16.2 Å². The number of aliphatic carboxylic acids is 1. The Kier molecular flexibility index (Phi) is 6.39. The second-order valence-electron chi connectivity index (χ2n) is 5.71. The molecule has 2 aromatic rings. The first-order valence-electron chi connectivity index (χ1n) is 7.74. The molecule has 0 bridgehead atoms. The lowest BCUT2D eigenvalue weighted by molar-refractivity contribution is -0.137. The van der Waals surface area contributed by atoms with Gasteiger partial charge in [-0.3, -0.25) is 4.79 Å². The van der Waals surface area contributed by atoms with Crippen molar-refractivity contribution in [2.75, 3.05) is 13.6 Å². The maximum atomic E-state index is 12.2. The number of nitrogens with zero attached hydrogens (tertiary/aromatic N) is 2. The molecule has 0 spiro atoms. The van der Waals surface area contributed by atoms with Gasteiger partial charge in [0.05, 0.1) is 23.0 Å². The monoisotopic (exact) mass is 381 g/mol. The number of carbonyl (C=O) groups excluding carboxylic acids is 1. The van der Waals surface area contributed by atoms with E-state index >= 15 is 0 Å². The Labute approximate surface area is 155 Å². The minimum Gasteiger partial charge on any atom is -0.481 e. The van der Waals surface area contributed by atoms with Crippen LogP contribution in [0, 0.1) is 6.92 Å². The molecule has 134 valence electrons. The molecule has 8 heteroatoms. The Bertz CT molecular complexity index is 761. The highest BCUT2D eigenvalue weighted by atomic mass is 35.5. The predicted octanol–water partition coefficient (Wildman–Crippen LogP) is 3.95. The summed E-state index contributed by atoms with van der Waals surface area (Å²) in [5.41, 5.74) is 1.83. The molecular weight excluding hydrogens is 362 g/mol. The molecule has 1 atom stereocenters. The molecule has 6 nitrogen and oxygen atoms in total. The van der Waals surface area contributed by atoms with Gasteiger partial charge in [0, 0.05) is 24.2 Å². The van der Waals surface area contributed by atoms with Crippen LogP contribution < -0.4 is 5.32 Å². The van der Waals surface area contributed by atoms with Gasteiger partial charge in [-0.2, -0.15) is 0 Å². The van der Waals surface area contributed by atoms with Gasteiger partial charge < -0.3 is 15.3 Å². The molecule has 25 heavy (non-hydrogen) atoms. The van der Waals surface area contributed by atoms with E-state index < -0.39 is 5.97 Å².